The average molecular weight is 646 g/mol. The molecule has 3 saturated heterocycles. The van der Waals surface area contributed by atoms with E-state index in [0.29, 0.717) is 42.6 Å². The molecule has 1 aliphatic carbocycles. The number of fused-ring (bicyclic) bond motifs is 5. The summed E-state index contributed by atoms with van der Waals surface area (Å²) in [6.45, 7) is 4.02. The predicted molar refractivity (Wildman–Crippen MR) is 169 cm³/mol. The third kappa shape index (κ3) is 4.78. The van der Waals surface area contributed by atoms with Gasteiger partial charge in [0.15, 0.2) is 5.82 Å². The number of nitriles is 1. The van der Waals surface area contributed by atoms with Crippen molar-refractivity contribution in [3.8, 4) is 29.0 Å². The molecule has 4 fully saturated rings. The summed E-state index contributed by atoms with van der Waals surface area (Å²) in [4.78, 5) is 13.3. The molecule has 1 saturated carbocycles. The molecule has 0 amide bonds. The summed E-state index contributed by atoms with van der Waals surface area (Å²) in [5.41, 5.74) is -0.797. The van der Waals surface area contributed by atoms with Gasteiger partial charge in [-0.1, -0.05) is 13.0 Å². The molecule has 47 heavy (non-hydrogen) atoms. The van der Waals surface area contributed by atoms with Crippen molar-refractivity contribution in [2.24, 2.45) is 17.8 Å². The summed E-state index contributed by atoms with van der Waals surface area (Å²) in [6.07, 6.45) is 3.12. The maximum absolute atomic E-state index is 16.9. The quantitative estimate of drug-likeness (QED) is 0.225. The molecule has 1 N–H and O–H groups in total. The maximum Gasteiger partial charge on any atom is 0.319 e. The van der Waals surface area contributed by atoms with Crippen molar-refractivity contribution in [3.05, 3.63) is 53.3 Å². The maximum atomic E-state index is 16.9. The monoisotopic (exact) mass is 645 g/mol. The first kappa shape index (κ1) is 30.2. The lowest BCUT2D eigenvalue weighted by Crippen LogP contribution is -2.44. The van der Waals surface area contributed by atoms with Gasteiger partial charge in [0, 0.05) is 31.4 Å². The first-order valence-corrected chi connectivity index (χ1v) is 16.5. The molecular weight excluding hydrogens is 610 g/mol. The Labute approximate surface area is 269 Å². The molecule has 0 unspecified atom stereocenters. The van der Waals surface area contributed by atoms with Crippen molar-refractivity contribution in [2.75, 3.05) is 37.7 Å². The molecule has 4 aromatic rings. The van der Waals surface area contributed by atoms with E-state index >= 15 is 8.78 Å². The number of rotatable bonds is 6. The van der Waals surface area contributed by atoms with Gasteiger partial charge in [0.25, 0.3) is 0 Å². The van der Waals surface area contributed by atoms with E-state index in [1.807, 2.05) is 4.90 Å². The van der Waals surface area contributed by atoms with Crippen LogP contribution in [0.15, 0.2) is 30.3 Å². The van der Waals surface area contributed by atoms with E-state index in [9.17, 15) is 19.1 Å². The molecule has 5 atom stereocenters. The number of nitrogens with zero attached hydrogens (tertiary/aromatic N) is 5. The Morgan fingerprint density at radius 2 is 1.85 bits per heavy atom. The Morgan fingerprint density at radius 1 is 1.06 bits per heavy atom. The zero-order valence-electron chi connectivity index (χ0n) is 26.1. The van der Waals surface area contributed by atoms with Crippen molar-refractivity contribution < 1.29 is 27.4 Å². The highest BCUT2D eigenvalue weighted by atomic mass is 19.1. The molecule has 11 heteroatoms. The first-order chi connectivity index (χ1) is 22.7. The van der Waals surface area contributed by atoms with Crippen LogP contribution in [0, 0.1) is 46.5 Å². The van der Waals surface area contributed by atoms with Gasteiger partial charge < -0.3 is 14.7 Å². The van der Waals surface area contributed by atoms with Crippen LogP contribution in [0.2, 0.25) is 0 Å². The van der Waals surface area contributed by atoms with Gasteiger partial charge in [0.2, 0.25) is 0 Å². The number of benzene rings is 3. The highest BCUT2D eigenvalue weighted by Crippen LogP contribution is 2.46. The van der Waals surface area contributed by atoms with Crippen LogP contribution < -0.4 is 9.64 Å². The zero-order valence-corrected chi connectivity index (χ0v) is 26.1. The van der Waals surface area contributed by atoms with Crippen LogP contribution in [0.5, 0.6) is 11.8 Å². The molecule has 7 nitrogen and oxygen atoms in total. The first-order valence-electron chi connectivity index (χ1n) is 16.5. The van der Waals surface area contributed by atoms with Crippen molar-refractivity contribution in [1.82, 2.24) is 14.9 Å². The van der Waals surface area contributed by atoms with E-state index in [4.69, 9.17) is 9.72 Å². The summed E-state index contributed by atoms with van der Waals surface area (Å²) in [7, 11) is 0. The highest BCUT2D eigenvalue weighted by Gasteiger charge is 2.49. The lowest BCUT2D eigenvalue weighted by Gasteiger charge is -2.36. The Balaban J connectivity index is 1.30. The van der Waals surface area contributed by atoms with Gasteiger partial charge in [0.05, 0.1) is 23.1 Å². The fourth-order valence-electron chi connectivity index (χ4n) is 9.01. The van der Waals surface area contributed by atoms with Gasteiger partial charge in [-0.05, 0) is 96.6 Å². The van der Waals surface area contributed by atoms with Crippen molar-refractivity contribution in [3.63, 3.8) is 0 Å². The third-order valence-corrected chi connectivity index (χ3v) is 11.1. The zero-order chi connectivity index (χ0) is 32.6. The highest BCUT2D eigenvalue weighted by molar-refractivity contribution is 6.03. The Kier molecular flexibility index (Phi) is 7.21. The number of hydrogen-bond donors (Lipinski definition) is 1. The van der Waals surface area contributed by atoms with Crippen LogP contribution >= 0.6 is 0 Å². The average Bonchev–Trinajstić information content (AvgIpc) is 3.66. The topological polar surface area (TPSA) is 85.5 Å². The number of phenolic OH excluding ortho intramolecular Hbond substituents is 1. The molecule has 1 aromatic heterocycles. The third-order valence-electron chi connectivity index (χ3n) is 11.1. The number of aryl methyl sites for hydroxylation is 1. The molecule has 3 aliphatic heterocycles. The molecule has 0 spiro atoms. The Morgan fingerprint density at radius 3 is 2.60 bits per heavy atom. The van der Waals surface area contributed by atoms with E-state index in [-0.39, 0.29) is 64.6 Å². The van der Waals surface area contributed by atoms with Gasteiger partial charge in [-0.3, -0.25) is 4.90 Å². The van der Waals surface area contributed by atoms with Crippen LogP contribution in [-0.4, -0.2) is 64.5 Å². The predicted octanol–water partition coefficient (Wildman–Crippen LogP) is 7.08. The second kappa shape index (κ2) is 11.2. The normalized spacial score (nSPS) is 27.1. The number of halogens is 4. The molecular formula is C36H35F4N5O2. The van der Waals surface area contributed by atoms with Crippen LogP contribution in [0.25, 0.3) is 32.8 Å². The minimum absolute atomic E-state index is 0.0178. The van der Waals surface area contributed by atoms with Gasteiger partial charge in [0.1, 0.15) is 41.5 Å². The molecule has 0 radical (unpaired) electrons. The number of hydrogen-bond acceptors (Lipinski definition) is 7. The van der Waals surface area contributed by atoms with Gasteiger partial charge in [-0.15, -0.1) is 0 Å². The van der Waals surface area contributed by atoms with Crippen LogP contribution in [-0.2, 0) is 6.42 Å². The SMILES string of the molecule is CCc1c(F)ccc2cc(O)cc(-c3c(F)cc4c(N5C[C@H]6CC[C@@H](C5)[C@@H]6C#N)nc(OC[C@@]56CCCN5C[C@H](F)C6)nc4c3F)c12. The van der Waals surface area contributed by atoms with E-state index in [1.54, 1.807) is 6.92 Å². The fraction of sp³-hybridized carbons (Fsp3) is 0.472. The molecule has 8 rings (SSSR count). The lowest BCUT2D eigenvalue weighted by molar-refractivity contribution is 0.107. The van der Waals surface area contributed by atoms with Crippen molar-refractivity contribution in [1.29, 1.82) is 5.26 Å². The summed E-state index contributed by atoms with van der Waals surface area (Å²) in [5, 5.41) is 21.3. The lowest BCUT2D eigenvalue weighted by atomic mass is 9.86. The number of piperidine rings is 1. The van der Waals surface area contributed by atoms with Crippen molar-refractivity contribution >= 4 is 27.5 Å². The molecule has 2 bridgehead atoms. The number of anilines is 1. The minimum atomic E-state index is -0.980. The second-order valence-electron chi connectivity index (χ2n) is 13.8. The standard InChI is InChI=1S/C36H35F4N5O2/c1-2-24-28(38)7-6-19-10-23(46)11-25(30(19)24)31-29(39)12-26-33(32(31)40)42-35(47-18-36-8-3-9-45(36)17-22(37)13-36)43-34(26)44-15-20-4-5-21(16-44)27(20)14-41/h6-7,10-12,20-22,27,46H,2-5,8-9,13,15-18H2,1H3/t20-,21+,22-,27-,36+/m1/s1. The summed E-state index contributed by atoms with van der Waals surface area (Å²) >= 11 is 0. The van der Waals surface area contributed by atoms with Gasteiger partial charge in [-0.25, -0.2) is 17.6 Å². The summed E-state index contributed by atoms with van der Waals surface area (Å²) in [6, 6.07) is 9.01. The molecule has 3 aromatic carbocycles. The second-order valence-corrected chi connectivity index (χ2v) is 13.8. The van der Waals surface area contributed by atoms with E-state index in [0.717, 1.165) is 32.2 Å². The number of aromatic nitrogens is 2. The van der Waals surface area contributed by atoms with Crippen molar-refractivity contribution in [2.45, 2.75) is 57.2 Å². The van der Waals surface area contributed by atoms with Crippen LogP contribution in [0.4, 0.5) is 23.4 Å². The number of alkyl halides is 1. The number of ether oxygens (including phenoxy) is 1. The number of phenols is 1. The molecule has 244 valence electrons. The van der Waals surface area contributed by atoms with E-state index in [2.05, 4.69) is 16.0 Å². The van der Waals surface area contributed by atoms with Crippen LogP contribution in [0.3, 0.4) is 0 Å². The van der Waals surface area contributed by atoms with Crippen LogP contribution in [0.1, 0.15) is 44.6 Å². The largest absolute Gasteiger partial charge is 0.508 e. The van der Waals surface area contributed by atoms with E-state index in [1.165, 1.54) is 30.3 Å². The van der Waals surface area contributed by atoms with Gasteiger partial charge in [-0.2, -0.15) is 15.2 Å². The summed E-state index contributed by atoms with van der Waals surface area (Å²) < 4.78 is 69.0. The Bertz CT molecular complexity index is 1950. The minimum Gasteiger partial charge on any atom is -0.508 e. The smallest absolute Gasteiger partial charge is 0.319 e. The van der Waals surface area contributed by atoms with E-state index < -0.39 is 34.7 Å². The molecule has 4 aliphatic rings. The van der Waals surface area contributed by atoms with Gasteiger partial charge >= 0.3 is 6.01 Å². The number of aromatic hydroxyl groups is 1. The molecule has 4 heterocycles. The summed E-state index contributed by atoms with van der Waals surface area (Å²) in [5.74, 6) is -2.15. The fourth-order valence-corrected chi connectivity index (χ4v) is 9.01. The Hall–Kier alpha value is -4.17.